The van der Waals surface area contributed by atoms with Crippen molar-refractivity contribution in [3.63, 3.8) is 0 Å². The molecule has 1 aromatic heterocycles. The standard InChI is InChI=1S/C19H18N4O5S/c1-3-7-21-16-6-5-12(4-2)8-17(16)29-19(21)20-18(24)13-9-14(22(25)26)11-15(10-13)23(27)28/h5-6,8-11H,3-4,7H2,1-2H3. The molecule has 0 bridgehead atoms. The fourth-order valence-electron chi connectivity index (χ4n) is 2.94. The van der Waals surface area contributed by atoms with Crippen LogP contribution in [0.15, 0.2) is 41.4 Å². The van der Waals surface area contributed by atoms with Gasteiger partial charge in [-0.1, -0.05) is 31.3 Å². The molecule has 9 nitrogen and oxygen atoms in total. The number of aryl methyl sites for hydroxylation is 2. The number of fused-ring (bicyclic) bond motifs is 1. The maximum Gasteiger partial charge on any atom is 0.280 e. The summed E-state index contributed by atoms with van der Waals surface area (Å²) in [5.74, 6) is -0.760. The Balaban J connectivity index is 2.15. The van der Waals surface area contributed by atoms with Crippen molar-refractivity contribution < 1.29 is 14.6 Å². The predicted molar refractivity (Wildman–Crippen MR) is 109 cm³/mol. The highest BCUT2D eigenvalue weighted by Gasteiger charge is 2.20. The van der Waals surface area contributed by atoms with E-state index in [2.05, 4.69) is 11.9 Å². The molecule has 10 heteroatoms. The summed E-state index contributed by atoms with van der Waals surface area (Å²) in [6, 6.07) is 8.89. The van der Waals surface area contributed by atoms with Crippen LogP contribution in [0, 0.1) is 20.2 Å². The quantitative estimate of drug-likeness (QED) is 0.441. The summed E-state index contributed by atoms with van der Waals surface area (Å²) in [7, 11) is 0. The smallest absolute Gasteiger partial charge is 0.280 e. The van der Waals surface area contributed by atoms with Crippen molar-refractivity contribution >= 4 is 38.8 Å². The van der Waals surface area contributed by atoms with Crippen LogP contribution in [-0.2, 0) is 13.0 Å². The van der Waals surface area contributed by atoms with E-state index < -0.39 is 27.1 Å². The van der Waals surface area contributed by atoms with E-state index in [-0.39, 0.29) is 5.56 Å². The number of aromatic nitrogens is 1. The van der Waals surface area contributed by atoms with Crippen LogP contribution in [0.5, 0.6) is 0 Å². The van der Waals surface area contributed by atoms with E-state index in [1.807, 2.05) is 29.7 Å². The molecule has 0 aliphatic heterocycles. The Kier molecular flexibility index (Phi) is 5.83. The first-order valence-corrected chi connectivity index (χ1v) is 9.80. The van der Waals surface area contributed by atoms with Gasteiger partial charge in [0.2, 0.25) is 0 Å². The zero-order chi connectivity index (χ0) is 21.1. The SMILES string of the molecule is CCCn1c(=NC(=O)c2cc([N+](=O)[O-])cc([N+](=O)[O-])c2)sc2cc(CC)ccc21. The normalized spacial score (nSPS) is 11.7. The second kappa shape index (κ2) is 8.31. The Morgan fingerprint density at radius 1 is 1.07 bits per heavy atom. The zero-order valence-corrected chi connectivity index (χ0v) is 16.6. The lowest BCUT2D eigenvalue weighted by atomic mass is 10.1. The number of thiazole rings is 1. The Labute approximate surface area is 169 Å². The molecule has 1 heterocycles. The van der Waals surface area contributed by atoms with Gasteiger partial charge in [0.1, 0.15) is 0 Å². The number of amides is 1. The van der Waals surface area contributed by atoms with Crippen LogP contribution in [0.4, 0.5) is 11.4 Å². The van der Waals surface area contributed by atoms with E-state index >= 15 is 0 Å². The Bertz CT molecular complexity index is 1160. The maximum atomic E-state index is 12.7. The van der Waals surface area contributed by atoms with Gasteiger partial charge in [0.25, 0.3) is 17.3 Å². The van der Waals surface area contributed by atoms with Gasteiger partial charge in [-0.25, -0.2) is 0 Å². The van der Waals surface area contributed by atoms with E-state index in [9.17, 15) is 25.0 Å². The van der Waals surface area contributed by atoms with Gasteiger partial charge in [-0.3, -0.25) is 25.0 Å². The van der Waals surface area contributed by atoms with E-state index in [4.69, 9.17) is 0 Å². The van der Waals surface area contributed by atoms with Crippen molar-refractivity contribution in [3.05, 3.63) is 72.6 Å². The molecule has 0 saturated heterocycles. The fraction of sp³-hybridized carbons (Fsp3) is 0.263. The average Bonchev–Trinajstić information content (AvgIpc) is 3.03. The molecule has 2 aromatic carbocycles. The first-order valence-electron chi connectivity index (χ1n) is 8.99. The van der Waals surface area contributed by atoms with Crippen molar-refractivity contribution in [2.75, 3.05) is 0 Å². The molecule has 150 valence electrons. The number of hydrogen-bond donors (Lipinski definition) is 0. The Hall–Kier alpha value is -3.40. The third-order valence-corrected chi connectivity index (χ3v) is 5.41. The molecular weight excluding hydrogens is 396 g/mol. The molecule has 0 spiro atoms. The summed E-state index contributed by atoms with van der Waals surface area (Å²) < 4.78 is 2.90. The van der Waals surface area contributed by atoms with E-state index in [0.29, 0.717) is 11.3 Å². The number of nitro groups is 2. The third kappa shape index (κ3) is 4.21. The van der Waals surface area contributed by atoms with Gasteiger partial charge in [0, 0.05) is 18.7 Å². The van der Waals surface area contributed by atoms with Gasteiger partial charge in [-0.15, -0.1) is 0 Å². The monoisotopic (exact) mass is 414 g/mol. The van der Waals surface area contributed by atoms with Crippen molar-refractivity contribution in [2.45, 2.75) is 33.2 Å². The second-order valence-electron chi connectivity index (χ2n) is 6.36. The van der Waals surface area contributed by atoms with Crippen molar-refractivity contribution in [1.29, 1.82) is 0 Å². The fourth-order valence-corrected chi connectivity index (χ4v) is 4.06. The number of carbonyl (C=O) groups is 1. The molecule has 29 heavy (non-hydrogen) atoms. The highest BCUT2D eigenvalue weighted by molar-refractivity contribution is 7.16. The van der Waals surface area contributed by atoms with Crippen molar-refractivity contribution in [1.82, 2.24) is 4.57 Å². The number of carbonyl (C=O) groups excluding carboxylic acids is 1. The lowest BCUT2D eigenvalue weighted by molar-refractivity contribution is -0.394. The van der Waals surface area contributed by atoms with Crippen LogP contribution >= 0.6 is 11.3 Å². The predicted octanol–water partition coefficient (Wildman–Crippen LogP) is 4.23. The first-order chi connectivity index (χ1) is 13.8. The van der Waals surface area contributed by atoms with Gasteiger partial charge in [0.05, 0.1) is 31.7 Å². The molecule has 0 unspecified atom stereocenters. The lowest BCUT2D eigenvalue weighted by Crippen LogP contribution is -2.17. The van der Waals surface area contributed by atoms with Crippen molar-refractivity contribution in [3.8, 4) is 0 Å². The molecule has 0 saturated carbocycles. The van der Waals surface area contributed by atoms with Crippen LogP contribution < -0.4 is 4.80 Å². The minimum Gasteiger partial charge on any atom is -0.316 e. The summed E-state index contributed by atoms with van der Waals surface area (Å²) in [5, 5.41) is 22.1. The highest BCUT2D eigenvalue weighted by atomic mass is 32.1. The van der Waals surface area contributed by atoms with Crippen LogP contribution in [0.1, 0.15) is 36.2 Å². The largest absolute Gasteiger partial charge is 0.316 e. The van der Waals surface area contributed by atoms with Gasteiger partial charge in [-0.2, -0.15) is 4.99 Å². The van der Waals surface area contributed by atoms with Gasteiger partial charge < -0.3 is 4.57 Å². The number of rotatable bonds is 6. The summed E-state index contributed by atoms with van der Waals surface area (Å²) in [4.78, 5) is 37.9. The topological polar surface area (TPSA) is 121 Å². The van der Waals surface area contributed by atoms with Crippen LogP contribution in [0.3, 0.4) is 0 Å². The number of benzene rings is 2. The van der Waals surface area contributed by atoms with E-state index in [1.54, 1.807) is 0 Å². The minimum atomic E-state index is -0.771. The molecule has 0 fully saturated rings. The molecule has 1 amide bonds. The number of nitro benzene ring substituents is 2. The minimum absolute atomic E-state index is 0.194. The van der Waals surface area contributed by atoms with Crippen LogP contribution in [0.25, 0.3) is 10.2 Å². The molecule has 0 aliphatic rings. The Morgan fingerprint density at radius 3 is 2.28 bits per heavy atom. The zero-order valence-electron chi connectivity index (χ0n) is 15.8. The third-order valence-electron chi connectivity index (χ3n) is 4.37. The first kappa shape index (κ1) is 20.3. The lowest BCUT2D eigenvalue weighted by Gasteiger charge is -2.03. The molecule has 0 atom stereocenters. The second-order valence-corrected chi connectivity index (χ2v) is 7.37. The van der Waals surface area contributed by atoms with Crippen LogP contribution in [0.2, 0.25) is 0 Å². The summed E-state index contributed by atoms with van der Waals surface area (Å²) >= 11 is 1.35. The van der Waals surface area contributed by atoms with Crippen molar-refractivity contribution in [2.24, 2.45) is 4.99 Å². The highest BCUT2D eigenvalue weighted by Crippen LogP contribution is 2.24. The average molecular weight is 414 g/mol. The molecule has 3 rings (SSSR count). The molecule has 0 radical (unpaired) electrons. The molecule has 0 N–H and O–H groups in total. The maximum absolute atomic E-state index is 12.7. The van der Waals surface area contributed by atoms with Gasteiger partial charge >= 0.3 is 0 Å². The van der Waals surface area contributed by atoms with E-state index in [0.717, 1.165) is 46.8 Å². The number of non-ortho nitro benzene ring substituents is 2. The molecule has 0 aliphatic carbocycles. The summed E-state index contributed by atoms with van der Waals surface area (Å²) in [5.41, 5.74) is 0.868. The summed E-state index contributed by atoms with van der Waals surface area (Å²) in [6.07, 6.45) is 1.70. The molecule has 3 aromatic rings. The molecular formula is C19H18N4O5S. The van der Waals surface area contributed by atoms with E-state index in [1.165, 1.54) is 11.3 Å². The van der Waals surface area contributed by atoms with Crippen LogP contribution in [-0.4, -0.2) is 20.3 Å². The number of nitrogens with zero attached hydrogens (tertiary/aromatic N) is 4. The Morgan fingerprint density at radius 2 is 1.72 bits per heavy atom. The number of hydrogen-bond acceptors (Lipinski definition) is 6. The summed E-state index contributed by atoms with van der Waals surface area (Å²) in [6.45, 7) is 4.71. The van der Waals surface area contributed by atoms with Gasteiger partial charge in [-0.05, 0) is 30.5 Å². The van der Waals surface area contributed by atoms with Gasteiger partial charge in [0.15, 0.2) is 4.80 Å².